The van der Waals surface area contributed by atoms with Crippen LogP contribution in [-0.2, 0) is 0 Å². The first kappa shape index (κ1) is 9.05. The number of nitrogens with one attached hydrogen (secondary N) is 1. The highest BCUT2D eigenvalue weighted by Crippen LogP contribution is 2.50. The maximum Gasteiger partial charge on any atom is 0.0156 e. The lowest BCUT2D eigenvalue weighted by Gasteiger charge is -2.30. The summed E-state index contributed by atoms with van der Waals surface area (Å²) in [5, 5.41) is 3.55. The molecule has 2 atom stereocenters. The highest BCUT2D eigenvalue weighted by atomic mass is 15.0. The maximum absolute atomic E-state index is 3.55. The van der Waals surface area contributed by atoms with Gasteiger partial charge in [-0.3, -0.25) is 0 Å². The number of piperidine rings is 1. The van der Waals surface area contributed by atoms with Gasteiger partial charge in [-0.25, -0.2) is 0 Å². The number of rotatable bonds is 0. The van der Waals surface area contributed by atoms with Gasteiger partial charge in [0.2, 0.25) is 0 Å². The van der Waals surface area contributed by atoms with E-state index in [9.17, 15) is 0 Å². The number of hydrogen-bond acceptors (Lipinski definition) is 1. The Labute approximate surface area is 70.6 Å². The fourth-order valence-electron chi connectivity index (χ4n) is 2.16. The SMILES string of the molecule is CC.CC1(C)NCCC2CC21. The summed E-state index contributed by atoms with van der Waals surface area (Å²) < 4.78 is 0. The summed E-state index contributed by atoms with van der Waals surface area (Å²) in [4.78, 5) is 0. The van der Waals surface area contributed by atoms with Crippen LogP contribution < -0.4 is 5.32 Å². The van der Waals surface area contributed by atoms with Gasteiger partial charge in [0.05, 0.1) is 0 Å². The minimum Gasteiger partial charge on any atom is -0.311 e. The van der Waals surface area contributed by atoms with E-state index in [2.05, 4.69) is 19.2 Å². The van der Waals surface area contributed by atoms with Gasteiger partial charge in [0, 0.05) is 5.54 Å². The van der Waals surface area contributed by atoms with Crippen LogP contribution in [0.2, 0.25) is 0 Å². The van der Waals surface area contributed by atoms with Gasteiger partial charge >= 0.3 is 0 Å². The highest BCUT2D eigenvalue weighted by molar-refractivity contribution is 5.04. The zero-order chi connectivity index (χ0) is 8.48. The fraction of sp³-hybridized carbons (Fsp3) is 1.00. The van der Waals surface area contributed by atoms with Gasteiger partial charge in [-0.2, -0.15) is 0 Å². The average molecular weight is 155 g/mol. The second-order valence-electron chi connectivity index (χ2n) is 4.04. The Morgan fingerprint density at radius 3 is 2.36 bits per heavy atom. The largest absolute Gasteiger partial charge is 0.311 e. The van der Waals surface area contributed by atoms with Crippen LogP contribution in [0.25, 0.3) is 0 Å². The topological polar surface area (TPSA) is 12.0 Å². The van der Waals surface area contributed by atoms with E-state index in [1.165, 1.54) is 19.4 Å². The number of hydrogen-bond donors (Lipinski definition) is 1. The van der Waals surface area contributed by atoms with Crippen molar-refractivity contribution in [1.82, 2.24) is 5.32 Å². The second-order valence-corrected chi connectivity index (χ2v) is 4.04. The molecule has 1 aliphatic heterocycles. The van der Waals surface area contributed by atoms with E-state index in [0.29, 0.717) is 5.54 Å². The van der Waals surface area contributed by atoms with Crippen LogP contribution in [0.5, 0.6) is 0 Å². The van der Waals surface area contributed by atoms with Crippen molar-refractivity contribution in [2.45, 2.75) is 46.1 Å². The molecule has 0 aromatic heterocycles. The van der Waals surface area contributed by atoms with Gasteiger partial charge < -0.3 is 5.32 Å². The molecule has 0 bridgehead atoms. The van der Waals surface area contributed by atoms with Gasteiger partial charge in [0.1, 0.15) is 0 Å². The zero-order valence-corrected chi connectivity index (χ0v) is 8.28. The standard InChI is InChI=1S/C8H15N.C2H6/c1-8(2)7-5-6(7)3-4-9-8;1-2/h6-7,9H,3-5H2,1-2H3;1-2H3. The summed E-state index contributed by atoms with van der Waals surface area (Å²) in [5.74, 6) is 2.09. The molecular formula is C10H21N. The van der Waals surface area contributed by atoms with Crippen molar-refractivity contribution in [3.05, 3.63) is 0 Å². The van der Waals surface area contributed by atoms with E-state index in [1.54, 1.807) is 0 Å². The van der Waals surface area contributed by atoms with Crippen LogP contribution in [0.4, 0.5) is 0 Å². The quantitative estimate of drug-likeness (QED) is 0.566. The molecule has 2 unspecified atom stereocenters. The van der Waals surface area contributed by atoms with Gasteiger partial charge in [-0.15, -0.1) is 0 Å². The summed E-state index contributed by atoms with van der Waals surface area (Å²) in [5.41, 5.74) is 0.461. The van der Waals surface area contributed by atoms with Crippen molar-refractivity contribution in [2.75, 3.05) is 6.54 Å². The minimum atomic E-state index is 0.461. The predicted molar refractivity (Wildman–Crippen MR) is 49.6 cm³/mol. The minimum absolute atomic E-state index is 0.461. The number of fused-ring (bicyclic) bond motifs is 1. The molecule has 1 aliphatic carbocycles. The lowest BCUT2D eigenvalue weighted by molar-refractivity contribution is 0.282. The lowest BCUT2D eigenvalue weighted by Crippen LogP contribution is -2.45. The molecule has 0 aromatic rings. The zero-order valence-electron chi connectivity index (χ0n) is 8.28. The van der Waals surface area contributed by atoms with Gasteiger partial charge in [0.15, 0.2) is 0 Å². The van der Waals surface area contributed by atoms with E-state index in [4.69, 9.17) is 0 Å². The molecule has 66 valence electrons. The Morgan fingerprint density at radius 1 is 1.27 bits per heavy atom. The molecule has 0 aromatic carbocycles. The van der Waals surface area contributed by atoms with Crippen LogP contribution >= 0.6 is 0 Å². The first-order chi connectivity index (χ1) is 5.20. The van der Waals surface area contributed by atoms with Gasteiger partial charge in [-0.05, 0) is 45.1 Å². The van der Waals surface area contributed by atoms with Crippen molar-refractivity contribution >= 4 is 0 Å². The molecule has 1 N–H and O–H groups in total. The fourth-order valence-corrected chi connectivity index (χ4v) is 2.16. The monoisotopic (exact) mass is 155 g/mol. The summed E-state index contributed by atoms with van der Waals surface area (Å²) in [7, 11) is 0. The van der Waals surface area contributed by atoms with Gasteiger partial charge in [0.25, 0.3) is 0 Å². The van der Waals surface area contributed by atoms with Crippen molar-refractivity contribution in [2.24, 2.45) is 11.8 Å². The van der Waals surface area contributed by atoms with Crippen LogP contribution in [0.1, 0.15) is 40.5 Å². The molecule has 2 fully saturated rings. The van der Waals surface area contributed by atoms with Crippen molar-refractivity contribution < 1.29 is 0 Å². The van der Waals surface area contributed by atoms with E-state index in [0.717, 1.165) is 11.8 Å². The van der Waals surface area contributed by atoms with E-state index < -0.39 is 0 Å². The normalized spacial score (nSPS) is 38.2. The molecular weight excluding hydrogens is 134 g/mol. The van der Waals surface area contributed by atoms with Crippen molar-refractivity contribution in [1.29, 1.82) is 0 Å². The lowest BCUT2D eigenvalue weighted by atomic mass is 9.93. The van der Waals surface area contributed by atoms with Crippen molar-refractivity contribution in [3.8, 4) is 0 Å². The first-order valence-corrected chi connectivity index (χ1v) is 4.95. The molecule has 0 radical (unpaired) electrons. The third-order valence-electron chi connectivity index (χ3n) is 2.95. The molecule has 1 saturated heterocycles. The first-order valence-electron chi connectivity index (χ1n) is 4.95. The van der Waals surface area contributed by atoms with Crippen LogP contribution in [0, 0.1) is 11.8 Å². The Balaban J connectivity index is 0.000000281. The van der Waals surface area contributed by atoms with Crippen LogP contribution in [0.3, 0.4) is 0 Å². The molecule has 1 saturated carbocycles. The average Bonchev–Trinajstić information content (AvgIpc) is 2.71. The molecule has 11 heavy (non-hydrogen) atoms. The maximum atomic E-state index is 3.55. The molecule has 1 nitrogen and oxygen atoms in total. The Bertz CT molecular complexity index is 129. The summed E-state index contributed by atoms with van der Waals surface area (Å²) in [6.07, 6.45) is 2.91. The Morgan fingerprint density at radius 2 is 1.91 bits per heavy atom. The highest BCUT2D eigenvalue weighted by Gasteiger charge is 2.49. The summed E-state index contributed by atoms with van der Waals surface area (Å²) >= 11 is 0. The molecule has 2 rings (SSSR count). The predicted octanol–water partition coefficient (Wildman–Crippen LogP) is 2.42. The van der Waals surface area contributed by atoms with E-state index in [1.807, 2.05) is 13.8 Å². The third-order valence-corrected chi connectivity index (χ3v) is 2.95. The summed E-state index contributed by atoms with van der Waals surface area (Å²) in [6, 6.07) is 0. The second kappa shape index (κ2) is 3.14. The smallest absolute Gasteiger partial charge is 0.0156 e. The molecule has 0 amide bonds. The van der Waals surface area contributed by atoms with Crippen LogP contribution in [0.15, 0.2) is 0 Å². The summed E-state index contributed by atoms with van der Waals surface area (Å²) in [6.45, 7) is 9.90. The molecule has 1 heterocycles. The van der Waals surface area contributed by atoms with E-state index in [-0.39, 0.29) is 0 Å². The Hall–Kier alpha value is -0.0400. The van der Waals surface area contributed by atoms with Crippen LogP contribution in [-0.4, -0.2) is 12.1 Å². The van der Waals surface area contributed by atoms with Gasteiger partial charge in [-0.1, -0.05) is 13.8 Å². The van der Waals surface area contributed by atoms with E-state index >= 15 is 0 Å². The molecule has 1 heteroatoms. The molecule has 2 aliphatic rings. The van der Waals surface area contributed by atoms with Crippen molar-refractivity contribution in [3.63, 3.8) is 0 Å². The molecule has 0 spiro atoms. The Kier molecular flexibility index (Phi) is 2.58. The third kappa shape index (κ3) is 1.76.